The van der Waals surface area contributed by atoms with Crippen LogP contribution in [0.25, 0.3) is 17.0 Å². The maximum atomic E-state index is 14.3. The van der Waals surface area contributed by atoms with Crippen molar-refractivity contribution in [3.63, 3.8) is 0 Å². The smallest absolute Gasteiger partial charge is 0.276 e. The second kappa shape index (κ2) is 7.37. The number of hydrogen-bond acceptors (Lipinski definition) is 2. The van der Waals surface area contributed by atoms with Gasteiger partial charge in [-0.05, 0) is 43.4 Å². The number of amides is 1. The van der Waals surface area contributed by atoms with Crippen molar-refractivity contribution in [2.75, 3.05) is 6.54 Å². The van der Waals surface area contributed by atoms with E-state index in [1.54, 1.807) is 18.2 Å². The number of rotatable bonds is 4. The van der Waals surface area contributed by atoms with Gasteiger partial charge in [-0.25, -0.2) is 4.39 Å². The average molecular weight is 414 g/mol. The Hall–Kier alpha value is -2.70. The third kappa shape index (κ3) is 3.19. The molecule has 4 nitrogen and oxygen atoms in total. The maximum Gasteiger partial charge on any atom is 0.276 e. The summed E-state index contributed by atoms with van der Waals surface area (Å²) in [6.45, 7) is 2.67. The van der Waals surface area contributed by atoms with Gasteiger partial charge in [-0.1, -0.05) is 35.9 Å². The van der Waals surface area contributed by atoms with Gasteiger partial charge in [-0.15, -0.1) is 0 Å². The highest BCUT2D eigenvalue weighted by Crippen LogP contribution is 2.27. The summed E-state index contributed by atoms with van der Waals surface area (Å²) in [5.41, 5.74) is 2.63. The van der Waals surface area contributed by atoms with Gasteiger partial charge in [0.25, 0.3) is 5.91 Å². The lowest BCUT2D eigenvalue weighted by Crippen LogP contribution is -2.30. The van der Waals surface area contributed by atoms with E-state index in [0.717, 1.165) is 16.5 Å². The molecule has 0 bridgehead atoms. The second-order valence-electron chi connectivity index (χ2n) is 6.47. The number of nitrogens with one attached hydrogen (secondary N) is 1. The summed E-state index contributed by atoms with van der Waals surface area (Å²) in [7, 11) is 0. The van der Waals surface area contributed by atoms with Gasteiger partial charge >= 0.3 is 0 Å². The number of nitrogens with zero attached hydrogens (tertiary/aromatic N) is 2. The van der Waals surface area contributed by atoms with E-state index in [9.17, 15) is 9.18 Å². The number of benzene rings is 2. The molecule has 28 heavy (non-hydrogen) atoms. The van der Waals surface area contributed by atoms with Crippen LogP contribution in [0.5, 0.6) is 0 Å². The standard InChI is InChI=1S/C21H17ClFN3OS/c1-2-26-20(27)18(24-21(26)28)10-13-11-25(19-9-4-3-6-14(13)19)12-15-16(22)7-5-8-17(15)23/h3-11H,2,12H2,1H3,(H,24,28)/b18-10-. The second-order valence-corrected chi connectivity index (χ2v) is 7.26. The van der Waals surface area contributed by atoms with E-state index in [4.69, 9.17) is 23.8 Å². The molecule has 0 saturated carbocycles. The molecule has 1 fully saturated rings. The number of fused-ring (bicyclic) bond motifs is 1. The Morgan fingerprint density at radius 1 is 1.21 bits per heavy atom. The van der Waals surface area contributed by atoms with Gasteiger partial charge in [0.2, 0.25) is 0 Å². The van der Waals surface area contributed by atoms with Gasteiger partial charge in [0, 0.05) is 39.8 Å². The molecule has 1 aliphatic rings. The molecule has 0 spiro atoms. The fourth-order valence-corrected chi connectivity index (χ4v) is 3.93. The molecule has 7 heteroatoms. The summed E-state index contributed by atoms with van der Waals surface area (Å²) >= 11 is 11.4. The molecule has 0 atom stereocenters. The number of aromatic nitrogens is 1. The molecule has 0 radical (unpaired) electrons. The fourth-order valence-electron chi connectivity index (χ4n) is 3.39. The van der Waals surface area contributed by atoms with E-state index >= 15 is 0 Å². The summed E-state index contributed by atoms with van der Waals surface area (Å²) in [4.78, 5) is 14.0. The minimum absolute atomic E-state index is 0.151. The van der Waals surface area contributed by atoms with Crippen LogP contribution < -0.4 is 5.32 Å². The van der Waals surface area contributed by atoms with Crippen molar-refractivity contribution in [2.24, 2.45) is 0 Å². The van der Waals surface area contributed by atoms with Gasteiger partial charge in [0.15, 0.2) is 5.11 Å². The average Bonchev–Trinajstić information content (AvgIpc) is 3.15. The molecule has 2 aromatic carbocycles. The van der Waals surface area contributed by atoms with Gasteiger partial charge in [0.1, 0.15) is 11.5 Å². The van der Waals surface area contributed by atoms with Gasteiger partial charge in [-0.2, -0.15) is 0 Å². The van der Waals surface area contributed by atoms with Crippen LogP contribution in [0.3, 0.4) is 0 Å². The van der Waals surface area contributed by atoms with Crippen LogP contribution in [0.2, 0.25) is 5.02 Å². The van der Waals surface area contributed by atoms with Crippen molar-refractivity contribution in [1.82, 2.24) is 14.8 Å². The first kappa shape index (κ1) is 18.7. The summed E-state index contributed by atoms with van der Waals surface area (Å²) in [5, 5.41) is 4.72. The number of halogens is 2. The van der Waals surface area contributed by atoms with E-state index in [-0.39, 0.29) is 18.3 Å². The first-order valence-corrected chi connectivity index (χ1v) is 9.63. The van der Waals surface area contributed by atoms with Crippen molar-refractivity contribution in [3.05, 3.63) is 76.3 Å². The number of thiocarbonyl (C=S) groups is 1. The Morgan fingerprint density at radius 3 is 2.71 bits per heavy atom. The van der Waals surface area contributed by atoms with Crippen molar-refractivity contribution in [3.8, 4) is 0 Å². The zero-order valence-corrected chi connectivity index (χ0v) is 16.6. The molecule has 1 saturated heterocycles. The molecule has 3 aromatic rings. The number of hydrogen-bond donors (Lipinski definition) is 1. The van der Waals surface area contributed by atoms with E-state index in [1.807, 2.05) is 42.0 Å². The molecule has 4 rings (SSSR count). The molecule has 1 amide bonds. The lowest BCUT2D eigenvalue weighted by molar-refractivity contribution is -0.122. The molecule has 0 unspecified atom stereocenters. The van der Waals surface area contributed by atoms with Crippen LogP contribution in [0.4, 0.5) is 4.39 Å². The van der Waals surface area contributed by atoms with E-state index in [0.29, 0.717) is 27.9 Å². The molecule has 0 aliphatic carbocycles. The highest BCUT2D eigenvalue weighted by atomic mass is 35.5. The summed E-state index contributed by atoms with van der Waals surface area (Å²) < 4.78 is 16.2. The van der Waals surface area contributed by atoms with Crippen LogP contribution in [0.15, 0.2) is 54.4 Å². The Kier molecular flexibility index (Phi) is 4.91. The Balaban J connectivity index is 1.79. The lowest BCUT2D eigenvalue weighted by atomic mass is 10.1. The summed E-state index contributed by atoms with van der Waals surface area (Å²) in [6.07, 6.45) is 3.68. The highest BCUT2D eigenvalue weighted by Gasteiger charge is 2.29. The predicted molar refractivity (Wildman–Crippen MR) is 114 cm³/mol. The van der Waals surface area contributed by atoms with Crippen molar-refractivity contribution >= 4 is 51.8 Å². The van der Waals surface area contributed by atoms with Crippen LogP contribution >= 0.6 is 23.8 Å². The maximum absolute atomic E-state index is 14.3. The molecular weight excluding hydrogens is 397 g/mol. The first-order valence-electron chi connectivity index (χ1n) is 8.85. The molecule has 1 N–H and O–H groups in total. The van der Waals surface area contributed by atoms with E-state index in [2.05, 4.69) is 5.32 Å². The molecule has 1 aliphatic heterocycles. The highest BCUT2D eigenvalue weighted by molar-refractivity contribution is 7.80. The molecule has 1 aromatic heterocycles. The van der Waals surface area contributed by atoms with Crippen molar-refractivity contribution in [1.29, 1.82) is 0 Å². The van der Waals surface area contributed by atoms with Crippen LogP contribution in [-0.2, 0) is 11.3 Å². The molecule has 142 valence electrons. The third-order valence-corrected chi connectivity index (χ3v) is 5.46. The third-order valence-electron chi connectivity index (χ3n) is 4.79. The topological polar surface area (TPSA) is 37.3 Å². The fraction of sp³-hybridized carbons (Fsp3) is 0.143. The largest absolute Gasteiger partial charge is 0.342 e. The number of carbonyl (C=O) groups is 1. The van der Waals surface area contributed by atoms with Crippen LogP contribution in [-0.4, -0.2) is 27.0 Å². The Bertz CT molecular complexity index is 1120. The molecular formula is C21H17ClFN3OS. The minimum atomic E-state index is -0.346. The normalized spacial score (nSPS) is 15.7. The van der Waals surface area contributed by atoms with Crippen molar-refractivity contribution < 1.29 is 9.18 Å². The Labute approximate surface area is 172 Å². The number of likely N-dealkylation sites (N-methyl/N-ethyl adjacent to an activating group) is 1. The van der Waals surface area contributed by atoms with Gasteiger partial charge in [0.05, 0.1) is 6.54 Å². The molecule has 2 heterocycles. The van der Waals surface area contributed by atoms with Crippen LogP contribution in [0.1, 0.15) is 18.1 Å². The van der Waals surface area contributed by atoms with Crippen LogP contribution in [0, 0.1) is 5.82 Å². The Morgan fingerprint density at radius 2 is 2.00 bits per heavy atom. The zero-order chi connectivity index (χ0) is 19.8. The van der Waals surface area contributed by atoms with Gasteiger partial charge < -0.3 is 9.88 Å². The number of para-hydroxylation sites is 1. The van der Waals surface area contributed by atoms with E-state index in [1.165, 1.54) is 11.0 Å². The number of carbonyl (C=O) groups excluding carboxylic acids is 1. The summed E-state index contributed by atoms with van der Waals surface area (Å²) in [6, 6.07) is 12.4. The first-order chi connectivity index (χ1) is 13.5. The van der Waals surface area contributed by atoms with E-state index < -0.39 is 0 Å². The van der Waals surface area contributed by atoms with Crippen molar-refractivity contribution in [2.45, 2.75) is 13.5 Å². The zero-order valence-electron chi connectivity index (χ0n) is 15.1. The predicted octanol–water partition coefficient (Wildman–Crippen LogP) is 4.56. The summed E-state index contributed by atoms with van der Waals surface area (Å²) in [5.74, 6) is -0.497. The van der Waals surface area contributed by atoms with Gasteiger partial charge in [-0.3, -0.25) is 9.69 Å². The quantitative estimate of drug-likeness (QED) is 0.503. The lowest BCUT2D eigenvalue weighted by Gasteiger charge is -2.08. The monoisotopic (exact) mass is 413 g/mol. The SMILES string of the molecule is CCN1C(=O)/C(=C/c2cn(Cc3c(F)cccc3Cl)c3ccccc23)NC1=S. The minimum Gasteiger partial charge on any atom is -0.342 e.